The smallest absolute Gasteiger partial charge is 0.255 e. The monoisotopic (exact) mass is 486 g/mol. The van der Waals surface area contributed by atoms with Gasteiger partial charge in [-0.15, -0.1) is 0 Å². The Morgan fingerprint density at radius 3 is 2.78 bits per heavy atom. The van der Waals surface area contributed by atoms with E-state index in [4.69, 9.17) is 19.4 Å². The summed E-state index contributed by atoms with van der Waals surface area (Å²) in [6.45, 7) is 3.75. The molecule has 0 radical (unpaired) electrons. The molecule has 1 amide bonds. The van der Waals surface area contributed by atoms with Gasteiger partial charge in [-0.05, 0) is 12.1 Å². The molecule has 1 saturated heterocycles. The summed E-state index contributed by atoms with van der Waals surface area (Å²) in [5, 5.41) is 6.75. The predicted octanol–water partition coefficient (Wildman–Crippen LogP) is 2.01. The summed E-state index contributed by atoms with van der Waals surface area (Å²) < 4.78 is 7.16. The van der Waals surface area contributed by atoms with Gasteiger partial charge in [0.15, 0.2) is 17.0 Å². The van der Waals surface area contributed by atoms with Crippen molar-refractivity contribution in [2.24, 2.45) is 0 Å². The summed E-state index contributed by atoms with van der Waals surface area (Å²) >= 11 is 0. The highest BCUT2D eigenvalue weighted by molar-refractivity contribution is 6.04. The third-order valence-electron chi connectivity index (χ3n) is 6.19. The Morgan fingerprint density at radius 1 is 1.14 bits per heavy atom. The highest BCUT2D eigenvalue weighted by Crippen LogP contribution is 2.26. The number of carbonyl (C=O) groups excluding carboxylic acids is 1. The third kappa shape index (κ3) is 3.90. The Kier molecular flexibility index (Phi) is 5.49. The second-order valence-corrected chi connectivity index (χ2v) is 8.82. The fraction of sp³-hybridized carbons (Fsp3) is 0.292. The van der Waals surface area contributed by atoms with Crippen LogP contribution in [0.3, 0.4) is 0 Å². The molecule has 5 heterocycles. The summed E-state index contributed by atoms with van der Waals surface area (Å²) in [7, 11) is 3.46. The number of hydrogen-bond donors (Lipinski definition) is 3. The van der Waals surface area contributed by atoms with E-state index in [0.29, 0.717) is 46.4 Å². The zero-order valence-electron chi connectivity index (χ0n) is 20.0. The molecule has 12 heteroatoms. The van der Waals surface area contributed by atoms with E-state index in [0.717, 1.165) is 37.4 Å². The Hall–Kier alpha value is -4.45. The second kappa shape index (κ2) is 8.96. The van der Waals surface area contributed by atoms with Gasteiger partial charge in [0.1, 0.15) is 23.9 Å². The second-order valence-electron chi connectivity index (χ2n) is 8.82. The van der Waals surface area contributed by atoms with Crippen LogP contribution in [0, 0.1) is 0 Å². The molecule has 0 spiro atoms. The molecular weight excluding hydrogens is 460 g/mol. The number of imidazole rings is 2. The molecule has 0 saturated carbocycles. The van der Waals surface area contributed by atoms with E-state index >= 15 is 0 Å². The van der Waals surface area contributed by atoms with Crippen molar-refractivity contribution in [2.45, 2.75) is 6.54 Å². The number of benzene rings is 1. The van der Waals surface area contributed by atoms with Crippen LogP contribution in [0.2, 0.25) is 0 Å². The maximum absolute atomic E-state index is 12.6. The number of piperazine rings is 1. The van der Waals surface area contributed by atoms with Crippen LogP contribution in [0.5, 0.6) is 0 Å². The van der Waals surface area contributed by atoms with Crippen molar-refractivity contribution in [3.63, 3.8) is 0 Å². The number of fused-ring (bicyclic) bond motifs is 2. The van der Waals surface area contributed by atoms with Crippen LogP contribution < -0.4 is 15.5 Å². The van der Waals surface area contributed by atoms with Crippen molar-refractivity contribution in [1.29, 1.82) is 0 Å². The topological polar surface area (TPSA) is 133 Å². The van der Waals surface area contributed by atoms with Crippen LogP contribution in [0.1, 0.15) is 16.2 Å². The number of aromatic nitrogens is 6. The average Bonchev–Trinajstić information content (AvgIpc) is 3.66. The first-order chi connectivity index (χ1) is 17.6. The first kappa shape index (κ1) is 22.0. The number of anilines is 2. The number of rotatable bonds is 6. The number of H-pyrrole nitrogens is 1. The van der Waals surface area contributed by atoms with Crippen molar-refractivity contribution < 1.29 is 9.21 Å². The van der Waals surface area contributed by atoms with Crippen LogP contribution in [-0.4, -0.2) is 80.6 Å². The molecule has 0 unspecified atom stereocenters. The largest absolute Gasteiger partial charge is 0.470 e. The number of amides is 1. The lowest BCUT2D eigenvalue weighted by Gasteiger charge is -2.27. The van der Waals surface area contributed by atoms with Gasteiger partial charge in [-0.25, -0.2) is 9.97 Å². The highest BCUT2D eigenvalue weighted by atomic mass is 16.3. The van der Waals surface area contributed by atoms with Crippen LogP contribution in [0.25, 0.3) is 27.9 Å². The predicted molar refractivity (Wildman–Crippen MR) is 135 cm³/mol. The number of furan rings is 1. The number of para-hydroxylation sites is 1. The molecule has 4 aromatic heterocycles. The van der Waals surface area contributed by atoms with Crippen molar-refractivity contribution in [3.8, 4) is 5.69 Å². The van der Waals surface area contributed by atoms with Crippen LogP contribution >= 0.6 is 0 Å². The lowest BCUT2D eigenvalue weighted by atomic mass is 10.1. The zero-order valence-corrected chi connectivity index (χ0v) is 20.0. The molecule has 6 rings (SSSR count). The molecule has 5 aromatic rings. The van der Waals surface area contributed by atoms with E-state index < -0.39 is 0 Å². The van der Waals surface area contributed by atoms with Gasteiger partial charge in [-0.1, -0.05) is 6.07 Å². The standard InChI is InChI=1S/C24H26N10O2/c1-32(2)23(35)16-4-3-5-17-19(16)29-18(28-17)12-26-21-20-22(34(14-27-20)15-6-11-36-13-15)31-24(30-21)33-9-7-25-8-10-33/h3-6,11,13-14,25H,7-10,12H2,1-2H3,(H,28,29)(H,26,30,31). The van der Waals surface area contributed by atoms with E-state index in [1.165, 1.54) is 0 Å². The van der Waals surface area contributed by atoms with Crippen molar-refractivity contribution in [2.75, 3.05) is 50.5 Å². The van der Waals surface area contributed by atoms with E-state index in [1.54, 1.807) is 43.9 Å². The molecule has 0 atom stereocenters. The van der Waals surface area contributed by atoms with Crippen molar-refractivity contribution in [1.82, 2.24) is 39.7 Å². The molecular formula is C24H26N10O2. The van der Waals surface area contributed by atoms with Gasteiger partial charge in [-0.3, -0.25) is 9.36 Å². The quantitative estimate of drug-likeness (QED) is 0.330. The zero-order chi connectivity index (χ0) is 24.6. The number of aromatic amines is 1. The van der Waals surface area contributed by atoms with Crippen LogP contribution in [0.4, 0.5) is 11.8 Å². The summed E-state index contributed by atoms with van der Waals surface area (Å²) in [4.78, 5) is 38.6. The average molecular weight is 487 g/mol. The maximum atomic E-state index is 12.6. The number of carbonyl (C=O) groups is 1. The van der Waals surface area contributed by atoms with Gasteiger partial charge in [-0.2, -0.15) is 9.97 Å². The normalized spacial score (nSPS) is 14.0. The molecule has 1 aliphatic heterocycles. The Labute approximate surface area is 206 Å². The van der Waals surface area contributed by atoms with E-state index in [1.807, 2.05) is 22.8 Å². The van der Waals surface area contributed by atoms with Crippen molar-refractivity contribution >= 4 is 39.9 Å². The molecule has 0 aliphatic carbocycles. The molecule has 3 N–H and O–H groups in total. The fourth-order valence-corrected chi connectivity index (χ4v) is 4.35. The van der Waals surface area contributed by atoms with Gasteiger partial charge in [0.05, 0.1) is 29.6 Å². The first-order valence-electron chi connectivity index (χ1n) is 11.7. The minimum Gasteiger partial charge on any atom is -0.470 e. The van der Waals surface area contributed by atoms with E-state index in [2.05, 4.69) is 25.5 Å². The molecule has 1 fully saturated rings. The van der Waals surface area contributed by atoms with Crippen LogP contribution in [0.15, 0.2) is 47.5 Å². The SMILES string of the molecule is CN(C)C(=O)c1cccc2[nH]c(CNc3nc(N4CCNCC4)nc4c3ncn4-c3ccoc3)nc12. The van der Waals surface area contributed by atoms with Crippen LogP contribution in [-0.2, 0) is 6.54 Å². The summed E-state index contributed by atoms with van der Waals surface area (Å²) in [5.74, 6) is 1.85. The number of nitrogens with zero attached hydrogens (tertiary/aromatic N) is 7. The van der Waals surface area contributed by atoms with E-state index in [9.17, 15) is 4.79 Å². The summed E-state index contributed by atoms with van der Waals surface area (Å²) in [6.07, 6.45) is 4.99. The Bertz CT molecular complexity index is 1530. The highest BCUT2D eigenvalue weighted by Gasteiger charge is 2.20. The maximum Gasteiger partial charge on any atom is 0.255 e. The summed E-state index contributed by atoms with van der Waals surface area (Å²) in [5.41, 5.74) is 4.18. The van der Waals surface area contributed by atoms with E-state index in [-0.39, 0.29) is 5.91 Å². The van der Waals surface area contributed by atoms with Gasteiger partial charge < -0.3 is 29.8 Å². The lowest BCUT2D eigenvalue weighted by Crippen LogP contribution is -2.44. The minimum atomic E-state index is -0.0884. The van der Waals surface area contributed by atoms with Crippen molar-refractivity contribution in [3.05, 3.63) is 54.5 Å². The molecule has 12 nitrogen and oxygen atoms in total. The van der Waals surface area contributed by atoms with Gasteiger partial charge in [0.25, 0.3) is 5.91 Å². The molecule has 0 bridgehead atoms. The van der Waals surface area contributed by atoms with Gasteiger partial charge in [0.2, 0.25) is 5.95 Å². The molecule has 36 heavy (non-hydrogen) atoms. The fourth-order valence-electron chi connectivity index (χ4n) is 4.35. The van der Waals surface area contributed by atoms with Gasteiger partial charge in [0, 0.05) is 46.3 Å². The third-order valence-corrected chi connectivity index (χ3v) is 6.19. The molecule has 184 valence electrons. The number of hydrogen-bond acceptors (Lipinski definition) is 9. The van der Waals surface area contributed by atoms with Gasteiger partial charge >= 0.3 is 0 Å². The molecule has 1 aliphatic rings. The lowest BCUT2D eigenvalue weighted by molar-refractivity contribution is 0.0829. The molecule has 1 aromatic carbocycles. The Morgan fingerprint density at radius 2 is 2.00 bits per heavy atom. The minimum absolute atomic E-state index is 0.0884. The summed E-state index contributed by atoms with van der Waals surface area (Å²) in [6, 6.07) is 7.42. The number of nitrogens with one attached hydrogen (secondary N) is 3. The first-order valence-corrected chi connectivity index (χ1v) is 11.7. The Balaban J connectivity index is 1.36.